The molecule has 104 valence electrons. The number of benzene rings is 1. The zero-order valence-corrected chi connectivity index (χ0v) is 11.2. The second-order valence-electron chi connectivity index (χ2n) is 5.36. The van der Waals surface area contributed by atoms with E-state index in [2.05, 4.69) is 12.2 Å². The van der Waals surface area contributed by atoms with Gasteiger partial charge in [-0.15, -0.1) is 0 Å². The molecule has 2 unspecified atom stereocenters. The second kappa shape index (κ2) is 6.04. The van der Waals surface area contributed by atoms with Gasteiger partial charge in [-0.1, -0.05) is 26.2 Å². The van der Waals surface area contributed by atoms with Crippen molar-refractivity contribution >= 4 is 5.91 Å². The van der Waals surface area contributed by atoms with Crippen molar-refractivity contribution in [1.82, 2.24) is 5.32 Å². The van der Waals surface area contributed by atoms with Crippen molar-refractivity contribution in [3.05, 3.63) is 29.6 Å². The highest BCUT2D eigenvalue weighted by Crippen LogP contribution is 2.24. The molecule has 0 spiro atoms. The molecule has 1 saturated carbocycles. The zero-order valence-electron chi connectivity index (χ0n) is 11.2. The third kappa shape index (κ3) is 3.46. The van der Waals surface area contributed by atoms with Crippen molar-refractivity contribution in [2.24, 2.45) is 5.92 Å². The number of aromatic hydroxyl groups is 1. The number of nitrogens with one attached hydrogen (secondary N) is 1. The molecule has 1 aliphatic carbocycles. The van der Waals surface area contributed by atoms with E-state index >= 15 is 0 Å². The molecule has 0 aliphatic heterocycles. The lowest BCUT2D eigenvalue weighted by atomic mass is 9.96. The minimum absolute atomic E-state index is 0.0106. The van der Waals surface area contributed by atoms with E-state index in [1.807, 2.05) is 0 Å². The van der Waals surface area contributed by atoms with Crippen LogP contribution in [0.15, 0.2) is 18.2 Å². The van der Waals surface area contributed by atoms with E-state index in [0.29, 0.717) is 5.92 Å². The predicted molar refractivity (Wildman–Crippen MR) is 71.6 cm³/mol. The van der Waals surface area contributed by atoms with Gasteiger partial charge in [-0.25, -0.2) is 4.39 Å². The molecule has 0 bridgehead atoms. The molecule has 0 aromatic heterocycles. The van der Waals surface area contributed by atoms with Crippen LogP contribution in [0.2, 0.25) is 0 Å². The Kier molecular flexibility index (Phi) is 4.40. The maximum absolute atomic E-state index is 13.1. The average molecular weight is 265 g/mol. The van der Waals surface area contributed by atoms with Gasteiger partial charge in [-0.3, -0.25) is 4.79 Å². The number of phenols is 1. The summed E-state index contributed by atoms with van der Waals surface area (Å²) in [4.78, 5) is 12.1. The highest BCUT2D eigenvalue weighted by molar-refractivity contribution is 5.97. The lowest BCUT2D eigenvalue weighted by molar-refractivity contribution is 0.0918. The number of rotatable bonds is 2. The molecule has 0 radical (unpaired) electrons. The fraction of sp³-hybridized carbons (Fsp3) is 0.533. The fourth-order valence-corrected chi connectivity index (χ4v) is 2.64. The summed E-state index contributed by atoms with van der Waals surface area (Å²) in [6, 6.07) is 3.53. The first-order valence-electron chi connectivity index (χ1n) is 6.87. The molecule has 0 heterocycles. The quantitative estimate of drug-likeness (QED) is 0.807. The van der Waals surface area contributed by atoms with Crippen LogP contribution in [0.1, 0.15) is 49.4 Å². The first-order chi connectivity index (χ1) is 9.08. The Labute approximate surface area is 112 Å². The molecule has 1 aliphatic rings. The highest BCUT2D eigenvalue weighted by atomic mass is 19.1. The summed E-state index contributed by atoms with van der Waals surface area (Å²) >= 11 is 0. The number of amides is 1. The number of halogens is 1. The number of phenolic OH excluding ortho intramolecular Hbond substituents is 1. The Bertz CT molecular complexity index is 461. The van der Waals surface area contributed by atoms with Gasteiger partial charge < -0.3 is 10.4 Å². The fourth-order valence-electron chi connectivity index (χ4n) is 2.64. The number of hydrogen-bond acceptors (Lipinski definition) is 2. The van der Waals surface area contributed by atoms with Gasteiger partial charge in [0.05, 0.1) is 5.56 Å². The van der Waals surface area contributed by atoms with Gasteiger partial charge in [0.2, 0.25) is 0 Å². The van der Waals surface area contributed by atoms with Crippen LogP contribution in [0.25, 0.3) is 0 Å². The van der Waals surface area contributed by atoms with Gasteiger partial charge in [0, 0.05) is 6.04 Å². The van der Waals surface area contributed by atoms with E-state index in [4.69, 9.17) is 0 Å². The van der Waals surface area contributed by atoms with Gasteiger partial charge in [-0.2, -0.15) is 0 Å². The lowest BCUT2D eigenvalue weighted by Gasteiger charge is -2.23. The monoisotopic (exact) mass is 265 g/mol. The van der Waals surface area contributed by atoms with Crippen LogP contribution >= 0.6 is 0 Å². The molecule has 1 aromatic carbocycles. The summed E-state index contributed by atoms with van der Waals surface area (Å²) in [7, 11) is 0. The molecular formula is C15H20FNO2. The summed E-state index contributed by atoms with van der Waals surface area (Å²) in [5.74, 6) is -0.671. The van der Waals surface area contributed by atoms with E-state index in [0.717, 1.165) is 31.4 Å². The molecule has 19 heavy (non-hydrogen) atoms. The molecule has 1 amide bonds. The van der Waals surface area contributed by atoms with E-state index in [1.54, 1.807) is 0 Å². The normalized spacial score (nSPS) is 23.7. The van der Waals surface area contributed by atoms with E-state index < -0.39 is 11.7 Å². The maximum atomic E-state index is 13.1. The van der Waals surface area contributed by atoms with Crippen molar-refractivity contribution in [2.45, 2.75) is 45.1 Å². The smallest absolute Gasteiger partial charge is 0.255 e. The zero-order chi connectivity index (χ0) is 13.8. The van der Waals surface area contributed by atoms with Crippen molar-refractivity contribution in [3.63, 3.8) is 0 Å². The van der Waals surface area contributed by atoms with Crippen LogP contribution in [0.5, 0.6) is 5.75 Å². The maximum Gasteiger partial charge on any atom is 0.255 e. The molecular weight excluding hydrogens is 245 g/mol. The van der Waals surface area contributed by atoms with Crippen LogP contribution in [0.3, 0.4) is 0 Å². The molecule has 4 heteroatoms. The lowest BCUT2D eigenvalue weighted by Crippen LogP contribution is -2.38. The largest absolute Gasteiger partial charge is 0.507 e. The summed E-state index contributed by atoms with van der Waals surface area (Å²) < 4.78 is 13.1. The highest BCUT2D eigenvalue weighted by Gasteiger charge is 2.23. The van der Waals surface area contributed by atoms with Crippen LogP contribution in [-0.2, 0) is 0 Å². The van der Waals surface area contributed by atoms with Crippen LogP contribution in [-0.4, -0.2) is 17.1 Å². The van der Waals surface area contributed by atoms with E-state index in [1.165, 1.54) is 18.9 Å². The summed E-state index contributed by atoms with van der Waals surface area (Å²) in [6.07, 6.45) is 5.54. The average Bonchev–Trinajstić information content (AvgIpc) is 2.58. The summed E-state index contributed by atoms with van der Waals surface area (Å²) in [5.41, 5.74) is 0.0106. The van der Waals surface area contributed by atoms with Crippen LogP contribution in [0, 0.1) is 11.7 Å². The molecule has 2 rings (SSSR count). The molecule has 2 atom stereocenters. The van der Waals surface area contributed by atoms with Crippen molar-refractivity contribution in [2.75, 3.05) is 0 Å². The minimum Gasteiger partial charge on any atom is -0.507 e. The molecule has 1 fully saturated rings. The second-order valence-corrected chi connectivity index (χ2v) is 5.36. The standard InChI is InChI=1S/C15H20FNO2/c1-10-5-3-2-4-6-13(10)17-15(19)12-9-11(16)7-8-14(12)18/h7-10,13,18H,2-6H2,1H3,(H,17,19). The number of carbonyl (C=O) groups excluding carboxylic acids is 1. The van der Waals surface area contributed by atoms with Gasteiger partial charge in [-0.05, 0) is 37.0 Å². The van der Waals surface area contributed by atoms with Crippen molar-refractivity contribution < 1.29 is 14.3 Å². The van der Waals surface area contributed by atoms with Crippen LogP contribution < -0.4 is 5.32 Å². The van der Waals surface area contributed by atoms with Crippen molar-refractivity contribution in [3.8, 4) is 5.75 Å². The van der Waals surface area contributed by atoms with E-state index in [9.17, 15) is 14.3 Å². The van der Waals surface area contributed by atoms with Gasteiger partial charge in [0.25, 0.3) is 5.91 Å². The van der Waals surface area contributed by atoms with Crippen LogP contribution in [0.4, 0.5) is 4.39 Å². The molecule has 2 N–H and O–H groups in total. The van der Waals surface area contributed by atoms with Gasteiger partial charge >= 0.3 is 0 Å². The van der Waals surface area contributed by atoms with Gasteiger partial charge in [0.15, 0.2) is 0 Å². The Morgan fingerprint density at radius 3 is 2.84 bits per heavy atom. The Balaban J connectivity index is 2.09. The first-order valence-corrected chi connectivity index (χ1v) is 6.87. The number of hydrogen-bond donors (Lipinski definition) is 2. The van der Waals surface area contributed by atoms with Gasteiger partial charge in [0.1, 0.15) is 11.6 Å². The predicted octanol–water partition coefficient (Wildman–Crippen LogP) is 3.23. The number of carbonyl (C=O) groups is 1. The summed E-state index contributed by atoms with van der Waals surface area (Å²) in [5, 5.41) is 12.6. The SMILES string of the molecule is CC1CCCCCC1NC(=O)c1cc(F)ccc1O. The minimum atomic E-state index is -0.517. The third-order valence-electron chi connectivity index (χ3n) is 3.88. The summed E-state index contributed by atoms with van der Waals surface area (Å²) in [6.45, 7) is 2.13. The molecule has 3 nitrogen and oxygen atoms in total. The van der Waals surface area contributed by atoms with Crippen molar-refractivity contribution in [1.29, 1.82) is 0 Å². The Morgan fingerprint density at radius 1 is 1.32 bits per heavy atom. The Hall–Kier alpha value is -1.58. The topological polar surface area (TPSA) is 49.3 Å². The molecule has 0 saturated heterocycles. The molecule has 1 aromatic rings. The Morgan fingerprint density at radius 2 is 2.05 bits per heavy atom. The first kappa shape index (κ1) is 13.8. The van der Waals surface area contributed by atoms with E-state index in [-0.39, 0.29) is 17.4 Å². The third-order valence-corrected chi connectivity index (χ3v) is 3.88.